The van der Waals surface area contributed by atoms with Gasteiger partial charge in [-0.2, -0.15) is 0 Å². The van der Waals surface area contributed by atoms with E-state index in [9.17, 15) is 13.5 Å². The highest BCUT2D eigenvalue weighted by Gasteiger charge is 2.14. The number of hydrogen-bond donors (Lipinski definition) is 1. The van der Waals surface area contributed by atoms with Crippen molar-refractivity contribution in [1.82, 2.24) is 0 Å². The van der Waals surface area contributed by atoms with E-state index in [1.165, 1.54) is 37.5 Å². The molecule has 6 heteroatoms. The number of hydrogen-bond acceptors (Lipinski definition) is 4. The highest BCUT2D eigenvalue weighted by atomic mass is 35.7. The predicted octanol–water partition coefficient (Wildman–Crippen LogP) is 2.49. The van der Waals surface area contributed by atoms with Crippen molar-refractivity contribution in [2.75, 3.05) is 7.11 Å². The van der Waals surface area contributed by atoms with Crippen molar-refractivity contribution in [3.05, 3.63) is 42.2 Å². The number of benzene rings is 1. The van der Waals surface area contributed by atoms with Crippen molar-refractivity contribution in [1.29, 1.82) is 0 Å². The maximum atomic E-state index is 11.3. The maximum Gasteiger partial charge on any atom is 0.261 e. The van der Waals surface area contributed by atoms with Gasteiger partial charge in [-0.15, -0.1) is 0 Å². The van der Waals surface area contributed by atoms with Crippen LogP contribution in [0.2, 0.25) is 0 Å². The van der Waals surface area contributed by atoms with Crippen molar-refractivity contribution in [2.45, 2.75) is 4.90 Å². The molecule has 1 N–H and O–H groups in total. The molecule has 0 saturated heterocycles. The van der Waals surface area contributed by atoms with Crippen LogP contribution in [0.25, 0.3) is 6.08 Å². The Balaban J connectivity index is 3.26. The Bertz CT molecular complexity index is 561. The quantitative estimate of drug-likeness (QED) is 0.520. The highest BCUT2D eigenvalue weighted by molar-refractivity contribution is 8.13. The number of phenols is 1. The van der Waals surface area contributed by atoms with Gasteiger partial charge in [-0.3, -0.25) is 0 Å². The summed E-state index contributed by atoms with van der Waals surface area (Å²) in [6, 6.07) is 3.76. The fourth-order valence-corrected chi connectivity index (χ4v) is 2.20. The molecule has 0 bridgehead atoms. The summed E-state index contributed by atoms with van der Waals surface area (Å²) in [5.41, 5.74) is 0.262. The van der Waals surface area contributed by atoms with Crippen LogP contribution in [0.1, 0.15) is 5.56 Å². The third kappa shape index (κ3) is 3.80. The van der Waals surface area contributed by atoms with Crippen molar-refractivity contribution in [3.63, 3.8) is 0 Å². The van der Waals surface area contributed by atoms with E-state index in [-0.39, 0.29) is 16.2 Å². The largest absolute Gasteiger partial charge is 0.508 e. The van der Waals surface area contributed by atoms with Gasteiger partial charge in [0.2, 0.25) is 0 Å². The minimum Gasteiger partial charge on any atom is -0.508 e. The minimum atomic E-state index is -3.87. The molecule has 1 aromatic rings. The molecule has 17 heavy (non-hydrogen) atoms. The van der Waals surface area contributed by atoms with E-state index in [2.05, 4.69) is 6.58 Å². The lowest BCUT2D eigenvalue weighted by molar-refractivity contribution is 0.309. The van der Waals surface area contributed by atoms with Crippen LogP contribution in [0.15, 0.2) is 41.5 Å². The molecule has 0 amide bonds. The topological polar surface area (TPSA) is 63.6 Å². The summed E-state index contributed by atoms with van der Waals surface area (Å²) < 4.78 is 27.4. The minimum absolute atomic E-state index is 0.0586. The summed E-state index contributed by atoms with van der Waals surface area (Å²) in [7, 11) is 2.84. The summed E-state index contributed by atoms with van der Waals surface area (Å²) in [5.74, 6) is 0.294. The molecular weight excluding hydrogens is 264 g/mol. The third-order valence-electron chi connectivity index (χ3n) is 1.97. The van der Waals surface area contributed by atoms with Gasteiger partial charge in [0.15, 0.2) is 0 Å². The molecule has 0 fully saturated rings. The summed E-state index contributed by atoms with van der Waals surface area (Å²) >= 11 is 0. The number of ether oxygens (including phenoxy) is 1. The molecule has 1 aromatic carbocycles. The summed E-state index contributed by atoms with van der Waals surface area (Å²) in [6.07, 6.45) is 2.92. The van der Waals surface area contributed by atoms with Crippen molar-refractivity contribution >= 4 is 25.8 Å². The smallest absolute Gasteiger partial charge is 0.261 e. The van der Waals surface area contributed by atoms with Crippen LogP contribution in [0.4, 0.5) is 0 Å². The Labute approximate surface area is 104 Å². The van der Waals surface area contributed by atoms with Gasteiger partial charge >= 0.3 is 0 Å². The first-order valence-electron chi connectivity index (χ1n) is 4.53. The molecule has 0 aliphatic heterocycles. The molecule has 0 spiro atoms. The zero-order chi connectivity index (χ0) is 13.1. The normalized spacial score (nSPS) is 11.6. The molecule has 0 atom stereocenters. The van der Waals surface area contributed by atoms with Crippen molar-refractivity contribution in [2.24, 2.45) is 0 Å². The molecule has 0 heterocycles. The van der Waals surface area contributed by atoms with Crippen molar-refractivity contribution in [3.8, 4) is 5.75 Å². The molecule has 1 rings (SSSR count). The van der Waals surface area contributed by atoms with Gasteiger partial charge in [-0.1, -0.05) is 6.58 Å². The number of methoxy groups -OCH3 is 1. The zero-order valence-corrected chi connectivity index (χ0v) is 10.6. The van der Waals surface area contributed by atoms with E-state index in [0.717, 1.165) is 0 Å². The number of rotatable bonds is 4. The van der Waals surface area contributed by atoms with E-state index >= 15 is 0 Å². The van der Waals surface area contributed by atoms with Crippen molar-refractivity contribution < 1.29 is 18.3 Å². The van der Waals surface area contributed by atoms with Gasteiger partial charge in [0, 0.05) is 10.7 Å². The maximum absolute atomic E-state index is 11.3. The second-order valence-corrected chi connectivity index (χ2v) is 5.70. The molecule has 0 aliphatic carbocycles. The molecule has 4 nitrogen and oxygen atoms in total. The van der Waals surface area contributed by atoms with Crippen LogP contribution in [0.5, 0.6) is 5.75 Å². The Morgan fingerprint density at radius 2 is 2.18 bits per heavy atom. The first-order chi connectivity index (χ1) is 7.84. The van der Waals surface area contributed by atoms with Gasteiger partial charge in [-0.05, 0) is 35.9 Å². The average Bonchev–Trinajstić information content (AvgIpc) is 2.24. The highest BCUT2D eigenvalue weighted by Crippen LogP contribution is 2.25. The van der Waals surface area contributed by atoms with Crippen LogP contribution < -0.4 is 0 Å². The molecule has 92 valence electrons. The fourth-order valence-electron chi connectivity index (χ4n) is 1.14. The Morgan fingerprint density at radius 3 is 2.71 bits per heavy atom. The lowest BCUT2D eigenvalue weighted by Crippen LogP contribution is -1.94. The van der Waals surface area contributed by atoms with Crippen LogP contribution >= 0.6 is 10.7 Å². The summed E-state index contributed by atoms with van der Waals surface area (Å²) in [6.45, 7) is 3.55. The lowest BCUT2D eigenvalue weighted by atomic mass is 10.2. The average molecular weight is 275 g/mol. The fraction of sp³-hybridized carbons (Fsp3) is 0.0909. The molecule has 0 aromatic heterocycles. The SMILES string of the molecule is C=C(/C=C/c1cc(O)ccc1S(=O)(=O)Cl)OC. The molecule has 0 radical (unpaired) electrons. The second-order valence-electron chi connectivity index (χ2n) is 3.16. The van der Waals surface area contributed by atoms with Gasteiger partial charge in [0.05, 0.1) is 12.0 Å². The van der Waals surface area contributed by atoms with E-state index in [0.29, 0.717) is 5.76 Å². The van der Waals surface area contributed by atoms with Crippen LogP contribution in [-0.4, -0.2) is 20.6 Å². The lowest BCUT2D eigenvalue weighted by Gasteiger charge is -2.03. The number of phenolic OH excluding ortho intramolecular Hbond substituents is 1. The first kappa shape index (κ1) is 13.6. The first-order valence-corrected chi connectivity index (χ1v) is 6.84. The van der Waals surface area contributed by atoms with Gasteiger partial charge in [0.25, 0.3) is 9.05 Å². The molecular formula is C11H11ClO4S. The summed E-state index contributed by atoms with van der Waals surface area (Å²) in [4.78, 5) is -0.0860. The Hall–Kier alpha value is -1.46. The van der Waals surface area contributed by atoms with E-state index in [4.69, 9.17) is 15.4 Å². The van der Waals surface area contributed by atoms with E-state index < -0.39 is 9.05 Å². The number of aromatic hydroxyl groups is 1. The van der Waals surface area contributed by atoms with Crippen LogP contribution in [0.3, 0.4) is 0 Å². The number of halogens is 1. The Kier molecular flexibility index (Phi) is 4.20. The second kappa shape index (κ2) is 5.25. The van der Waals surface area contributed by atoms with Crippen LogP contribution in [-0.2, 0) is 13.8 Å². The van der Waals surface area contributed by atoms with E-state index in [1.54, 1.807) is 0 Å². The Morgan fingerprint density at radius 1 is 1.53 bits per heavy atom. The monoisotopic (exact) mass is 274 g/mol. The van der Waals surface area contributed by atoms with Crippen LogP contribution in [0, 0.1) is 0 Å². The van der Waals surface area contributed by atoms with Gasteiger partial charge < -0.3 is 9.84 Å². The predicted molar refractivity (Wildman–Crippen MR) is 66.3 cm³/mol. The number of allylic oxidation sites excluding steroid dienone is 1. The molecule has 0 unspecified atom stereocenters. The van der Waals surface area contributed by atoms with Gasteiger partial charge in [0.1, 0.15) is 11.5 Å². The third-order valence-corrected chi connectivity index (χ3v) is 3.36. The zero-order valence-electron chi connectivity index (χ0n) is 9.05. The summed E-state index contributed by atoms with van der Waals surface area (Å²) in [5, 5.41) is 9.30. The molecule has 0 saturated carbocycles. The molecule has 0 aliphatic rings. The standard InChI is InChI=1S/C11H11ClO4S/c1-8(16-2)3-4-9-7-10(13)5-6-11(9)17(12,14)15/h3-7,13H,1H2,2H3/b4-3+. The van der Waals surface area contributed by atoms with Gasteiger partial charge in [-0.25, -0.2) is 8.42 Å². The van der Waals surface area contributed by atoms with E-state index in [1.807, 2.05) is 0 Å².